The Bertz CT molecular complexity index is 464. The number of rotatable bonds is 5. The molecule has 1 aromatic rings. The number of nitro groups is 1. The van der Waals surface area contributed by atoms with Crippen LogP contribution in [0.25, 0.3) is 0 Å². The summed E-state index contributed by atoms with van der Waals surface area (Å²) in [6.45, 7) is 1.71. The van der Waals surface area contributed by atoms with Crippen LogP contribution >= 0.6 is 0 Å². The minimum Gasteiger partial charge on any atom is -0.467 e. The minimum absolute atomic E-state index is 0.0959. The molecule has 6 nitrogen and oxygen atoms in total. The molecular weight excluding hydrogens is 243 g/mol. The summed E-state index contributed by atoms with van der Waals surface area (Å²) in [6, 6.07) is 2.33. The van der Waals surface area contributed by atoms with Gasteiger partial charge in [0.05, 0.1) is 17.7 Å². The molecule has 0 amide bonds. The van der Waals surface area contributed by atoms with Crippen LogP contribution < -0.4 is 5.32 Å². The summed E-state index contributed by atoms with van der Waals surface area (Å²) in [5, 5.41) is 13.2. The van der Waals surface area contributed by atoms with Crippen molar-refractivity contribution in [2.45, 2.75) is 19.4 Å². The lowest BCUT2D eigenvalue weighted by Gasteiger charge is -2.15. The van der Waals surface area contributed by atoms with Gasteiger partial charge in [-0.25, -0.2) is 9.18 Å². The van der Waals surface area contributed by atoms with Crippen molar-refractivity contribution in [1.82, 2.24) is 0 Å². The number of carbonyl (C=O) groups excluding carboxylic acids is 1. The topological polar surface area (TPSA) is 81.5 Å². The first-order valence-corrected chi connectivity index (χ1v) is 5.27. The Balaban J connectivity index is 2.98. The molecule has 0 heterocycles. The molecule has 0 bridgehead atoms. The third-order valence-corrected chi connectivity index (χ3v) is 2.38. The molecule has 0 radical (unpaired) electrons. The molecule has 0 aliphatic heterocycles. The van der Waals surface area contributed by atoms with Crippen molar-refractivity contribution in [2.75, 3.05) is 12.4 Å². The van der Waals surface area contributed by atoms with Crippen LogP contribution in [-0.4, -0.2) is 24.0 Å². The van der Waals surface area contributed by atoms with Crippen molar-refractivity contribution in [3.05, 3.63) is 34.1 Å². The Kier molecular flexibility index (Phi) is 4.59. The second-order valence-electron chi connectivity index (χ2n) is 3.55. The lowest BCUT2D eigenvalue weighted by molar-refractivity contribution is -0.384. The van der Waals surface area contributed by atoms with Gasteiger partial charge in [0, 0.05) is 12.1 Å². The summed E-state index contributed by atoms with van der Waals surface area (Å²) in [6.07, 6.45) is 0.370. The van der Waals surface area contributed by atoms with Crippen molar-refractivity contribution >= 4 is 17.3 Å². The molecule has 18 heavy (non-hydrogen) atoms. The quantitative estimate of drug-likeness (QED) is 0.495. The van der Waals surface area contributed by atoms with E-state index >= 15 is 0 Å². The largest absolute Gasteiger partial charge is 0.467 e. The van der Waals surface area contributed by atoms with Gasteiger partial charge in [0.2, 0.25) is 0 Å². The number of methoxy groups -OCH3 is 1. The molecule has 1 rings (SSSR count). The van der Waals surface area contributed by atoms with E-state index in [0.717, 1.165) is 18.2 Å². The van der Waals surface area contributed by atoms with Crippen LogP contribution in [-0.2, 0) is 9.53 Å². The molecule has 1 atom stereocenters. The van der Waals surface area contributed by atoms with Crippen molar-refractivity contribution in [2.24, 2.45) is 0 Å². The second-order valence-corrected chi connectivity index (χ2v) is 3.55. The Hall–Kier alpha value is -2.18. The lowest BCUT2D eigenvalue weighted by Crippen LogP contribution is -2.30. The van der Waals surface area contributed by atoms with E-state index in [-0.39, 0.29) is 11.4 Å². The Morgan fingerprint density at radius 2 is 2.28 bits per heavy atom. The fraction of sp³-hybridized carbons (Fsp3) is 0.364. The molecule has 0 spiro atoms. The highest BCUT2D eigenvalue weighted by atomic mass is 19.1. The number of hydrogen-bond donors (Lipinski definition) is 1. The fourth-order valence-corrected chi connectivity index (χ4v) is 1.40. The van der Waals surface area contributed by atoms with E-state index < -0.39 is 22.8 Å². The zero-order valence-electron chi connectivity index (χ0n) is 9.97. The molecular formula is C11H13FN2O4. The third-order valence-electron chi connectivity index (χ3n) is 2.38. The Morgan fingerprint density at radius 1 is 1.61 bits per heavy atom. The average Bonchev–Trinajstić information content (AvgIpc) is 2.36. The number of nitro benzene ring substituents is 1. The first kappa shape index (κ1) is 13.9. The fourth-order valence-electron chi connectivity index (χ4n) is 1.40. The maximum atomic E-state index is 13.5. The number of hydrogen-bond acceptors (Lipinski definition) is 5. The third kappa shape index (κ3) is 3.16. The SMILES string of the molecule is CCC(Nc1cc([N+](=O)[O-])ccc1F)C(=O)OC. The van der Waals surface area contributed by atoms with Gasteiger partial charge in [0.1, 0.15) is 11.9 Å². The monoisotopic (exact) mass is 256 g/mol. The molecule has 0 aliphatic rings. The number of ether oxygens (including phenoxy) is 1. The molecule has 1 N–H and O–H groups in total. The second kappa shape index (κ2) is 5.95. The smallest absolute Gasteiger partial charge is 0.328 e. The van der Waals surface area contributed by atoms with Crippen LogP contribution in [0.5, 0.6) is 0 Å². The molecule has 7 heteroatoms. The summed E-state index contributed by atoms with van der Waals surface area (Å²) in [7, 11) is 1.22. The van der Waals surface area contributed by atoms with E-state index in [1.807, 2.05) is 0 Å². The lowest BCUT2D eigenvalue weighted by atomic mass is 10.2. The van der Waals surface area contributed by atoms with E-state index in [4.69, 9.17) is 0 Å². The van der Waals surface area contributed by atoms with Gasteiger partial charge in [-0.05, 0) is 12.5 Å². The summed E-state index contributed by atoms with van der Waals surface area (Å²) >= 11 is 0. The number of non-ortho nitro benzene ring substituents is 1. The van der Waals surface area contributed by atoms with E-state index in [9.17, 15) is 19.3 Å². The van der Waals surface area contributed by atoms with E-state index in [2.05, 4.69) is 10.1 Å². The highest BCUT2D eigenvalue weighted by Gasteiger charge is 2.19. The van der Waals surface area contributed by atoms with Crippen LogP contribution in [0.2, 0.25) is 0 Å². The number of nitrogens with zero attached hydrogens (tertiary/aromatic N) is 1. The summed E-state index contributed by atoms with van der Waals surface area (Å²) in [5.74, 6) is -1.22. The van der Waals surface area contributed by atoms with Gasteiger partial charge < -0.3 is 10.1 Å². The summed E-state index contributed by atoms with van der Waals surface area (Å²) < 4.78 is 18.0. The van der Waals surface area contributed by atoms with Crippen molar-refractivity contribution in [1.29, 1.82) is 0 Å². The molecule has 0 saturated heterocycles. The van der Waals surface area contributed by atoms with E-state index in [0.29, 0.717) is 6.42 Å². The number of carbonyl (C=O) groups is 1. The molecule has 0 aliphatic carbocycles. The maximum absolute atomic E-state index is 13.5. The standard InChI is InChI=1S/C11H13FN2O4/c1-3-9(11(15)18-2)13-10-6-7(14(16)17)4-5-8(10)12/h4-6,9,13H,3H2,1-2H3. The predicted octanol–water partition coefficient (Wildman–Crippen LogP) is 2.10. The van der Waals surface area contributed by atoms with Gasteiger partial charge in [-0.2, -0.15) is 0 Å². The molecule has 98 valence electrons. The summed E-state index contributed by atoms with van der Waals surface area (Å²) in [4.78, 5) is 21.3. The number of halogens is 1. The van der Waals surface area contributed by atoms with Gasteiger partial charge in [-0.3, -0.25) is 10.1 Å². The van der Waals surface area contributed by atoms with Crippen LogP contribution in [0, 0.1) is 15.9 Å². The van der Waals surface area contributed by atoms with Crippen LogP contribution in [0.3, 0.4) is 0 Å². The molecule has 0 saturated carbocycles. The zero-order chi connectivity index (χ0) is 13.7. The highest BCUT2D eigenvalue weighted by molar-refractivity contribution is 5.79. The van der Waals surface area contributed by atoms with Crippen LogP contribution in [0.15, 0.2) is 18.2 Å². The Labute approximate surface area is 103 Å². The first-order valence-electron chi connectivity index (χ1n) is 5.27. The zero-order valence-corrected chi connectivity index (χ0v) is 9.97. The molecule has 1 aromatic carbocycles. The first-order chi connectivity index (χ1) is 8.49. The molecule has 0 fully saturated rings. The number of nitrogens with one attached hydrogen (secondary N) is 1. The van der Waals surface area contributed by atoms with Crippen LogP contribution in [0.4, 0.5) is 15.8 Å². The van der Waals surface area contributed by atoms with Gasteiger partial charge in [-0.1, -0.05) is 6.92 Å². The predicted molar refractivity (Wildman–Crippen MR) is 62.8 cm³/mol. The summed E-state index contributed by atoms with van der Waals surface area (Å²) in [5.41, 5.74) is -0.347. The number of esters is 1. The normalized spacial score (nSPS) is 11.7. The Morgan fingerprint density at radius 3 is 2.78 bits per heavy atom. The van der Waals surface area contributed by atoms with Gasteiger partial charge in [0.25, 0.3) is 5.69 Å². The number of anilines is 1. The van der Waals surface area contributed by atoms with Crippen molar-refractivity contribution in [3.8, 4) is 0 Å². The minimum atomic E-state index is -0.744. The van der Waals surface area contributed by atoms with Crippen molar-refractivity contribution in [3.63, 3.8) is 0 Å². The van der Waals surface area contributed by atoms with Crippen molar-refractivity contribution < 1.29 is 18.8 Å². The van der Waals surface area contributed by atoms with Gasteiger partial charge >= 0.3 is 5.97 Å². The van der Waals surface area contributed by atoms with E-state index in [1.165, 1.54) is 7.11 Å². The van der Waals surface area contributed by atoms with Gasteiger partial charge in [-0.15, -0.1) is 0 Å². The van der Waals surface area contributed by atoms with Crippen LogP contribution in [0.1, 0.15) is 13.3 Å². The highest BCUT2D eigenvalue weighted by Crippen LogP contribution is 2.22. The molecule has 1 unspecified atom stereocenters. The molecule has 0 aromatic heterocycles. The average molecular weight is 256 g/mol. The van der Waals surface area contributed by atoms with E-state index in [1.54, 1.807) is 6.92 Å². The maximum Gasteiger partial charge on any atom is 0.328 e. The number of benzene rings is 1. The van der Waals surface area contributed by atoms with Gasteiger partial charge in [0.15, 0.2) is 0 Å².